The summed E-state index contributed by atoms with van der Waals surface area (Å²) in [4.78, 5) is 43.0. The van der Waals surface area contributed by atoms with Crippen molar-refractivity contribution in [1.29, 1.82) is 0 Å². The van der Waals surface area contributed by atoms with E-state index in [1.807, 2.05) is 0 Å². The summed E-state index contributed by atoms with van der Waals surface area (Å²) in [5.41, 5.74) is 2.07. The smallest absolute Gasteiger partial charge is 0.262 e. The predicted molar refractivity (Wildman–Crippen MR) is 120 cm³/mol. The molecule has 156 valence electrons. The number of benzene rings is 1. The normalized spacial score (nSPS) is 13.1. The molecule has 1 aromatic carbocycles. The molecule has 0 saturated carbocycles. The first kappa shape index (κ1) is 20.6. The highest BCUT2D eigenvalue weighted by Crippen LogP contribution is 2.33. The van der Waals surface area contributed by atoms with Crippen LogP contribution in [-0.4, -0.2) is 21.4 Å². The van der Waals surface area contributed by atoms with Gasteiger partial charge in [-0.15, -0.1) is 11.3 Å². The van der Waals surface area contributed by atoms with Crippen molar-refractivity contribution < 1.29 is 9.59 Å². The van der Waals surface area contributed by atoms with E-state index < -0.39 is 0 Å². The molecule has 0 radical (unpaired) electrons. The van der Waals surface area contributed by atoms with Crippen LogP contribution in [-0.2, 0) is 29.0 Å². The number of halogens is 1. The summed E-state index contributed by atoms with van der Waals surface area (Å²) < 4.78 is 1.51. The van der Waals surface area contributed by atoms with Crippen LogP contribution < -0.4 is 16.2 Å². The number of hydrogen-bond acceptors (Lipinski definition) is 5. The van der Waals surface area contributed by atoms with Gasteiger partial charge < -0.3 is 10.6 Å². The molecule has 30 heavy (non-hydrogen) atoms. The van der Waals surface area contributed by atoms with E-state index >= 15 is 0 Å². The van der Waals surface area contributed by atoms with Gasteiger partial charge in [0.1, 0.15) is 4.83 Å². The average molecular weight is 445 g/mol. The SMILES string of the molecule is CC(=O)Nc1ccc(NC(=O)CCn2cnc3sc4c(c3c2=O)CCCC4)cc1Cl. The lowest BCUT2D eigenvalue weighted by Crippen LogP contribution is -2.24. The van der Waals surface area contributed by atoms with Gasteiger partial charge >= 0.3 is 0 Å². The number of fused-ring (bicyclic) bond motifs is 3. The molecular weight excluding hydrogens is 424 g/mol. The summed E-state index contributed by atoms with van der Waals surface area (Å²) in [5, 5.41) is 6.43. The minimum absolute atomic E-state index is 0.0742. The maximum absolute atomic E-state index is 12.9. The van der Waals surface area contributed by atoms with Crippen molar-refractivity contribution in [3.8, 4) is 0 Å². The number of rotatable bonds is 5. The number of amides is 2. The van der Waals surface area contributed by atoms with E-state index in [9.17, 15) is 14.4 Å². The maximum Gasteiger partial charge on any atom is 0.262 e. The van der Waals surface area contributed by atoms with Crippen molar-refractivity contribution in [1.82, 2.24) is 9.55 Å². The van der Waals surface area contributed by atoms with Crippen molar-refractivity contribution in [2.75, 3.05) is 10.6 Å². The van der Waals surface area contributed by atoms with Crippen molar-refractivity contribution in [3.63, 3.8) is 0 Å². The number of hydrogen-bond donors (Lipinski definition) is 2. The van der Waals surface area contributed by atoms with Crippen LogP contribution in [0.4, 0.5) is 11.4 Å². The van der Waals surface area contributed by atoms with Gasteiger partial charge in [-0.25, -0.2) is 4.98 Å². The maximum atomic E-state index is 12.9. The minimum atomic E-state index is -0.238. The first-order valence-corrected chi connectivity index (χ1v) is 11.0. The third kappa shape index (κ3) is 4.24. The number of anilines is 2. The van der Waals surface area contributed by atoms with Crippen molar-refractivity contribution in [3.05, 3.63) is 50.3 Å². The number of aromatic nitrogens is 2. The number of nitrogens with one attached hydrogen (secondary N) is 2. The predicted octanol–water partition coefficient (Wildman–Crippen LogP) is 3.98. The van der Waals surface area contributed by atoms with E-state index in [1.165, 1.54) is 22.7 Å². The van der Waals surface area contributed by atoms with Crippen LogP contribution in [0.5, 0.6) is 0 Å². The van der Waals surface area contributed by atoms with E-state index in [4.69, 9.17) is 11.6 Å². The fraction of sp³-hybridized carbons (Fsp3) is 0.333. The Labute approximate surface area is 182 Å². The first-order valence-electron chi connectivity index (χ1n) is 9.79. The van der Waals surface area contributed by atoms with Crippen molar-refractivity contribution >= 4 is 56.3 Å². The zero-order valence-corrected chi connectivity index (χ0v) is 18.0. The number of carbonyl (C=O) groups is 2. The van der Waals surface area contributed by atoms with Crippen molar-refractivity contribution in [2.45, 2.75) is 45.6 Å². The zero-order chi connectivity index (χ0) is 21.3. The summed E-state index contributed by atoms with van der Waals surface area (Å²) in [7, 11) is 0. The lowest BCUT2D eigenvalue weighted by atomic mass is 9.97. The second kappa shape index (κ2) is 8.57. The van der Waals surface area contributed by atoms with Gasteiger partial charge in [0.05, 0.1) is 22.4 Å². The lowest BCUT2D eigenvalue weighted by molar-refractivity contribution is -0.116. The molecule has 9 heteroatoms. The summed E-state index contributed by atoms with van der Waals surface area (Å²) >= 11 is 7.75. The van der Waals surface area contributed by atoms with Crippen LogP contribution in [0.3, 0.4) is 0 Å². The molecular formula is C21H21ClN4O3S. The third-order valence-corrected chi connectivity index (χ3v) is 6.60. The van der Waals surface area contributed by atoms with E-state index in [0.29, 0.717) is 16.4 Å². The molecule has 2 heterocycles. The Balaban J connectivity index is 1.44. The molecule has 7 nitrogen and oxygen atoms in total. The summed E-state index contributed by atoms with van der Waals surface area (Å²) in [5.74, 6) is -0.464. The van der Waals surface area contributed by atoms with Gasteiger partial charge in [-0.05, 0) is 49.4 Å². The van der Waals surface area contributed by atoms with Gasteiger partial charge in [0.2, 0.25) is 11.8 Å². The highest BCUT2D eigenvalue weighted by molar-refractivity contribution is 7.18. The molecule has 0 saturated heterocycles. The van der Waals surface area contributed by atoms with Gasteiger partial charge in [-0.1, -0.05) is 11.6 Å². The topological polar surface area (TPSA) is 93.1 Å². The van der Waals surface area contributed by atoms with Gasteiger partial charge in [-0.2, -0.15) is 0 Å². The highest BCUT2D eigenvalue weighted by atomic mass is 35.5. The van der Waals surface area contributed by atoms with Gasteiger partial charge in [0, 0.05) is 30.5 Å². The molecule has 0 unspecified atom stereocenters. The molecule has 3 aromatic rings. The molecule has 4 rings (SSSR count). The number of thiophene rings is 1. The number of carbonyl (C=O) groups excluding carboxylic acids is 2. The molecule has 2 aromatic heterocycles. The Kier molecular flexibility index (Phi) is 5.87. The lowest BCUT2D eigenvalue weighted by Gasteiger charge is -2.11. The summed E-state index contributed by atoms with van der Waals surface area (Å²) in [6.45, 7) is 1.64. The monoisotopic (exact) mass is 444 g/mol. The Morgan fingerprint density at radius 3 is 2.80 bits per heavy atom. The number of aryl methyl sites for hydroxylation is 3. The molecule has 0 spiro atoms. The summed E-state index contributed by atoms with van der Waals surface area (Å²) in [6.07, 6.45) is 5.85. The largest absolute Gasteiger partial charge is 0.326 e. The molecule has 0 aliphatic heterocycles. The molecule has 2 amide bonds. The van der Waals surface area contributed by atoms with E-state index in [0.717, 1.165) is 41.5 Å². The Hall–Kier alpha value is -2.71. The second-order valence-electron chi connectivity index (χ2n) is 7.31. The van der Waals surface area contributed by atoms with Crippen LogP contribution in [0, 0.1) is 0 Å². The first-order chi connectivity index (χ1) is 14.4. The Morgan fingerprint density at radius 1 is 1.23 bits per heavy atom. The fourth-order valence-electron chi connectivity index (χ4n) is 3.67. The van der Waals surface area contributed by atoms with Gasteiger partial charge in [-0.3, -0.25) is 19.0 Å². The second-order valence-corrected chi connectivity index (χ2v) is 8.80. The minimum Gasteiger partial charge on any atom is -0.326 e. The molecule has 0 fully saturated rings. The third-order valence-electron chi connectivity index (χ3n) is 5.09. The van der Waals surface area contributed by atoms with E-state index in [-0.39, 0.29) is 30.3 Å². The van der Waals surface area contributed by atoms with E-state index in [1.54, 1.807) is 29.5 Å². The van der Waals surface area contributed by atoms with Crippen LogP contribution in [0.2, 0.25) is 5.02 Å². The van der Waals surface area contributed by atoms with Gasteiger partial charge in [0.15, 0.2) is 0 Å². The molecule has 0 atom stereocenters. The average Bonchev–Trinajstić information content (AvgIpc) is 3.08. The van der Waals surface area contributed by atoms with Crippen LogP contribution >= 0.6 is 22.9 Å². The van der Waals surface area contributed by atoms with Crippen molar-refractivity contribution in [2.24, 2.45) is 0 Å². The fourth-order valence-corrected chi connectivity index (χ4v) is 5.12. The van der Waals surface area contributed by atoms with Crippen LogP contribution in [0.1, 0.15) is 36.6 Å². The summed E-state index contributed by atoms with van der Waals surface area (Å²) in [6, 6.07) is 4.86. The standard InChI is InChI=1S/C21H21ClN4O3S/c1-12(27)24-16-7-6-13(10-15(16)22)25-18(28)8-9-26-11-23-20-19(21(26)29)14-4-2-3-5-17(14)30-20/h6-7,10-11H,2-5,8-9H2,1H3,(H,24,27)(H,25,28). The molecule has 1 aliphatic carbocycles. The molecule has 0 bridgehead atoms. The highest BCUT2D eigenvalue weighted by Gasteiger charge is 2.20. The Morgan fingerprint density at radius 2 is 2.03 bits per heavy atom. The zero-order valence-electron chi connectivity index (χ0n) is 16.5. The van der Waals surface area contributed by atoms with Crippen LogP contribution in [0.15, 0.2) is 29.3 Å². The molecule has 2 N–H and O–H groups in total. The van der Waals surface area contributed by atoms with Gasteiger partial charge in [0.25, 0.3) is 5.56 Å². The number of nitrogens with zero attached hydrogens (tertiary/aromatic N) is 2. The van der Waals surface area contributed by atoms with E-state index in [2.05, 4.69) is 15.6 Å². The molecule has 1 aliphatic rings. The van der Waals surface area contributed by atoms with Crippen LogP contribution in [0.25, 0.3) is 10.2 Å². The quantitative estimate of drug-likeness (QED) is 0.622. The Bertz CT molecular complexity index is 1200.